The van der Waals surface area contributed by atoms with Crippen LogP contribution in [0.25, 0.3) is 0 Å². The zero-order valence-electron chi connectivity index (χ0n) is 11.2. The number of benzene rings is 1. The Morgan fingerprint density at radius 3 is 2.85 bits per heavy atom. The van der Waals surface area contributed by atoms with E-state index in [2.05, 4.69) is 5.10 Å². The number of rotatable bonds is 5. The summed E-state index contributed by atoms with van der Waals surface area (Å²) in [5.74, 6) is -0.398. The van der Waals surface area contributed by atoms with Crippen LogP contribution in [0, 0.1) is 5.82 Å². The Kier molecular flexibility index (Phi) is 4.39. The van der Waals surface area contributed by atoms with Gasteiger partial charge in [-0.1, -0.05) is 17.7 Å². The minimum absolute atomic E-state index is 0.131. The summed E-state index contributed by atoms with van der Waals surface area (Å²) in [5.41, 5.74) is 0.513. The first-order chi connectivity index (χ1) is 9.58. The molecular weight excluding hydrogens is 283 g/mol. The lowest BCUT2D eigenvalue weighted by molar-refractivity contribution is 0.0978. The molecule has 0 radical (unpaired) electrons. The molecule has 1 aromatic carbocycles. The molecule has 0 unspecified atom stereocenters. The van der Waals surface area contributed by atoms with Crippen LogP contribution in [0.1, 0.15) is 23.0 Å². The number of ether oxygens (including phenoxy) is 1. The Hall–Kier alpha value is -1.88. The second kappa shape index (κ2) is 6.05. The van der Waals surface area contributed by atoms with Crippen molar-refractivity contribution in [2.45, 2.75) is 19.9 Å². The second-order valence-electron chi connectivity index (χ2n) is 4.18. The molecule has 4 nitrogen and oxygen atoms in total. The highest BCUT2D eigenvalue weighted by Gasteiger charge is 2.21. The van der Waals surface area contributed by atoms with Gasteiger partial charge in [0.25, 0.3) is 0 Å². The second-order valence-corrected chi connectivity index (χ2v) is 4.58. The molecule has 0 aliphatic carbocycles. The minimum atomic E-state index is -0.493. The van der Waals surface area contributed by atoms with Crippen LogP contribution >= 0.6 is 11.6 Å². The fourth-order valence-corrected chi connectivity index (χ4v) is 2.21. The first-order valence-corrected chi connectivity index (χ1v) is 6.52. The maximum absolute atomic E-state index is 13.7. The van der Waals surface area contributed by atoms with Crippen LogP contribution in [0.4, 0.5) is 4.39 Å². The van der Waals surface area contributed by atoms with E-state index < -0.39 is 5.82 Å². The number of aromatic nitrogens is 2. The van der Waals surface area contributed by atoms with Gasteiger partial charge in [0.05, 0.1) is 13.3 Å². The third kappa shape index (κ3) is 2.67. The van der Waals surface area contributed by atoms with Crippen LogP contribution in [-0.4, -0.2) is 22.7 Å². The van der Waals surface area contributed by atoms with Gasteiger partial charge < -0.3 is 4.74 Å². The first-order valence-electron chi connectivity index (χ1n) is 6.14. The van der Waals surface area contributed by atoms with E-state index in [4.69, 9.17) is 16.3 Å². The molecule has 0 amide bonds. The third-order valence-electron chi connectivity index (χ3n) is 2.99. The Morgan fingerprint density at radius 2 is 2.25 bits per heavy atom. The molecular formula is C14H14ClFN2O2. The number of methoxy groups -OCH3 is 1. The summed E-state index contributed by atoms with van der Waals surface area (Å²) in [6, 6.07) is 4.34. The van der Waals surface area contributed by atoms with Gasteiger partial charge >= 0.3 is 0 Å². The lowest BCUT2D eigenvalue weighted by Crippen LogP contribution is -2.13. The molecule has 0 aliphatic heterocycles. The van der Waals surface area contributed by atoms with E-state index >= 15 is 0 Å². The first kappa shape index (κ1) is 14.5. The van der Waals surface area contributed by atoms with Crippen LogP contribution in [0.15, 0.2) is 24.4 Å². The summed E-state index contributed by atoms with van der Waals surface area (Å²) < 4.78 is 20.4. The molecule has 0 bridgehead atoms. The molecule has 0 atom stereocenters. The fourth-order valence-electron chi connectivity index (χ4n) is 1.98. The molecule has 2 rings (SSSR count). The lowest BCUT2D eigenvalue weighted by atomic mass is 10.1. The van der Waals surface area contributed by atoms with Gasteiger partial charge in [0.1, 0.15) is 11.5 Å². The number of halogens is 2. The molecule has 6 heteroatoms. The highest BCUT2D eigenvalue weighted by Crippen LogP contribution is 2.24. The minimum Gasteiger partial charge on any atom is -0.493 e. The third-order valence-corrected chi connectivity index (χ3v) is 3.34. The van der Waals surface area contributed by atoms with Crippen LogP contribution in [0.5, 0.6) is 5.75 Å². The molecule has 0 saturated heterocycles. The van der Waals surface area contributed by atoms with Gasteiger partial charge in [0.15, 0.2) is 11.5 Å². The SMILES string of the molecule is CCn1ncc(OC)c1C(=O)Cc1c(F)cccc1Cl. The van der Waals surface area contributed by atoms with Crippen molar-refractivity contribution in [3.8, 4) is 5.75 Å². The van der Waals surface area contributed by atoms with E-state index in [0.717, 1.165) is 0 Å². The quantitative estimate of drug-likeness (QED) is 0.796. The standard InChI is InChI=1S/C14H14ClFN2O2/c1-3-18-14(13(20-2)8-17-18)12(19)7-9-10(15)5-4-6-11(9)16/h4-6,8H,3,7H2,1-2H3. The van der Waals surface area contributed by atoms with Crippen molar-refractivity contribution in [3.05, 3.63) is 46.5 Å². The van der Waals surface area contributed by atoms with Crippen molar-refractivity contribution in [3.63, 3.8) is 0 Å². The zero-order valence-corrected chi connectivity index (χ0v) is 11.9. The topological polar surface area (TPSA) is 44.1 Å². The summed E-state index contributed by atoms with van der Waals surface area (Å²) in [6.07, 6.45) is 1.34. The number of hydrogen-bond donors (Lipinski definition) is 0. The van der Waals surface area contributed by atoms with E-state index in [1.165, 1.54) is 30.1 Å². The van der Waals surface area contributed by atoms with Crippen molar-refractivity contribution in [2.24, 2.45) is 0 Å². The van der Waals surface area contributed by atoms with Crippen molar-refractivity contribution < 1.29 is 13.9 Å². The van der Waals surface area contributed by atoms with E-state index in [9.17, 15) is 9.18 Å². The van der Waals surface area contributed by atoms with E-state index in [0.29, 0.717) is 18.0 Å². The number of nitrogens with zero attached hydrogens (tertiary/aromatic N) is 2. The molecule has 0 aliphatic rings. The van der Waals surface area contributed by atoms with Gasteiger partial charge in [-0.15, -0.1) is 0 Å². The van der Waals surface area contributed by atoms with Crippen LogP contribution in [0.2, 0.25) is 5.02 Å². The fraction of sp³-hybridized carbons (Fsp3) is 0.286. The maximum Gasteiger partial charge on any atom is 0.189 e. The molecule has 106 valence electrons. The number of aryl methyl sites for hydroxylation is 1. The van der Waals surface area contributed by atoms with Crippen molar-refractivity contribution in [1.29, 1.82) is 0 Å². The van der Waals surface area contributed by atoms with Crippen molar-refractivity contribution in [1.82, 2.24) is 9.78 Å². The predicted molar refractivity (Wildman–Crippen MR) is 73.9 cm³/mol. The largest absolute Gasteiger partial charge is 0.493 e. The summed E-state index contributed by atoms with van der Waals surface area (Å²) in [5, 5.41) is 4.29. The molecule has 0 spiro atoms. The Balaban J connectivity index is 2.35. The zero-order chi connectivity index (χ0) is 14.7. The number of ketones is 1. The van der Waals surface area contributed by atoms with Gasteiger partial charge in [0, 0.05) is 23.6 Å². The number of carbonyl (C=O) groups is 1. The molecule has 20 heavy (non-hydrogen) atoms. The number of hydrogen-bond acceptors (Lipinski definition) is 3. The molecule has 2 aromatic rings. The monoisotopic (exact) mass is 296 g/mol. The van der Waals surface area contributed by atoms with E-state index in [1.54, 1.807) is 6.07 Å². The summed E-state index contributed by atoms with van der Waals surface area (Å²) in [4.78, 5) is 12.4. The van der Waals surface area contributed by atoms with Gasteiger partial charge in [0.2, 0.25) is 0 Å². The molecule has 1 heterocycles. The summed E-state index contributed by atoms with van der Waals surface area (Å²) in [6.45, 7) is 2.38. The highest BCUT2D eigenvalue weighted by atomic mass is 35.5. The van der Waals surface area contributed by atoms with Crippen molar-refractivity contribution >= 4 is 17.4 Å². The Bertz CT molecular complexity index is 598. The van der Waals surface area contributed by atoms with E-state index in [-0.39, 0.29) is 22.8 Å². The molecule has 1 aromatic heterocycles. The average molecular weight is 297 g/mol. The molecule has 0 fully saturated rings. The van der Waals surface area contributed by atoms with Gasteiger partial charge in [-0.2, -0.15) is 5.10 Å². The normalized spacial score (nSPS) is 10.6. The molecule has 0 N–H and O–H groups in total. The highest BCUT2D eigenvalue weighted by molar-refractivity contribution is 6.31. The van der Waals surface area contributed by atoms with E-state index in [1.807, 2.05) is 6.92 Å². The van der Waals surface area contributed by atoms with Gasteiger partial charge in [-0.25, -0.2) is 4.39 Å². The Morgan fingerprint density at radius 1 is 1.50 bits per heavy atom. The maximum atomic E-state index is 13.7. The average Bonchev–Trinajstić information content (AvgIpc) is 2.85. The van der Waals surface area contributed by atoms with Crippen LogP contribution < -0.4 is 4.74 Å². The summed E-state index contributed by atoms with van der Waals surface area (Å²) in [7, 11) is 1.46. The van der Waals surface area contributed by atoms with Crippen LogP contribution in [0.3, 0.4) is 0 Å². The lowest BCUT2D eigenvalue weighted by Gasteiger charge is -2.08. The number of carbonyl (C=O) groups excluding carboxylic acids is 1. The smallest absolute Gasteiger partial charge is 0.189 e. The number of Topliss-reactive ketones (excluding diaryl/α,β-unsaturated/α-hetero) is 1. The predicted octanol–water partition coefficient (Wildman–Crippen LogP) is 3.13. The van der Waals surface area contributed by atoms with Gasteiger partial charge in [-0.3, -0.25) is 9.48 Å². The van der Waals surface area contributed by atoms with Crippen LogP contribution in [-0.2, 0) is 13.0 Å². The Labute approximate surface area is 121 Å². The van der Waals surface area contributed by atoms with Gasteiger partial charge in [-0.05, 0) is 19.1 Å². The summed E-state index contributed by atoms with van der Waals surface area (Å²) >= 11 is 5.94. The molecule has 0 saturated carbocycles. The van der Waals surface area contributed by atoms with Crippen molar-refractivity contribution in [2.75, 3.05) is 7.11 Å².